The molecule has 1 aliphatic rings. The molecule has 0 saturated heterocycles. The normalized spacial score (nSPS) is 18.4. The predicted molar refractivity (Wildman–Crippen MR) is 76.1 cm³/mol. The third-order valence-electron chi connectivity index (χ3n) is 4.20. The van der Waals surface area contributed by atoms with E-state index in [1.165, 1.54) is 32.1 Å². The van der Waals surface area contributed by atoms with E-state index < -0.39 is 0 Å². The second kappa shape index (κ2) is 6.07. The van der Waals surface area contributed by atoms with Gasteiger partial charge in [-0.05, 0) is 26.3 Å². The van der Waals surface area contributed by atoms with Crippen LogP contribution in [0.5, 0.6) is 0 Å². The first-order valence-electron chi connectivity index (χ1n) is 6.97. The van der Waals surface area contributed by atoms with Crippen molar-refractivity contribution in [3.8, 4) is 0 Å². The third-order valence-corrected chi connectivity index (χ3v) is 4.69. The summed E-state index contributed by atoms with van der Waals surface area (Å²) in [5, 5.41) is 8.67. The fourth-order valence-electron chi connectivity index (χ4n) is 3.09. The number of halogens is 1. The molecule has 1 fully saturated rings. The Morgan fingerprint density at radius 3 is 2.61 bits per heavy atom. The maximum atomic E-state index is 6.32. The molecule has 3 nitrogen and oxygen atoms in total. The molecule has 1 aromatic rings. The molecule has 0 spiro atoms. The summed E-state index contributed by atoms with van der Waals surface area (Å²) >= 11 is 6.32. The third kappa shape index (κ3) is 3.07. The minimum absolute atomic E-state index is 0.514. The van der Waals surface area contributed by atoms with E-state index in [0.717, 1.165) is 28.7 Å². The van der Waals surface area contributed by atoms with Crippen LogP contribution in [0, 0.1) is 12.8 Å². The molecule has 1 atom stereocenters. The average Bonchev–Trinajstić information content (AvgIpc) is 2.92. The van der Waals surface area contributed by atoms with E-state index in [1.807, 2.05) is 18.7 Å². The molecule has 0 aromatic carbocycles. The number of aryl methyl sites for hydroxylation is 2. The molecule has 1 heterocycles. The molecule has 1 aromatic heterocycles. The van der Waals surface area contributed by atoms with Crippen molar-refractivity contribution < 1.29 is 0 Å². The Kier molecular flexibility index (Phi) is 4.68. The molecule has 1 N–H and O–H groups in total. The number of hydrogen-bond acceptors (Lipinski definition) is 2. The summed E-state index contributed by atoms with van der Waals surface area (Å²) in [6, 6.07) is 0.514. The van der Waals surface area contributed by atoms with Crippen LogP contribution in [0.3, 0.4) is 0 Å². The summed E-state index contributed by atoms with van der Waals surface area (Å²) in [6.07, 6.45) is 7.85. The summed E-state index contributed by atoms with van der Waals surface area (Å²) < 4.78 is 1.93. The Bertz CT molecular complexity index is 394. The van der Waals surface area contributed by atoms with Gasteiger partial charge in [-0.2, -0.15) is 5.10 Å². The standard InChI is InChI=1S/C14H24ClN3/c1-10-14(15)13(18(3)17-10)9-12(16-2)8-11-6-4-5-7-11/h11-12,16H,4-9H2,1-3H3. The lowest BCUT2D eigenvalue weighted by atomic mass is 9.95. The number of likely N-dealkylation sites (N-methyl/N-ethyl adjacent to an activating group) is 1. The minimum atomic E-state index is 0.514. The van der Waals surface area contributed by atoms with Gasteiger partial charge in [-0.15, -0.1) is 0 Å². The van der Waals surface area contributed by atoms with Crippen LogP contribution in [0.4, 0.5) is 0 Å². The second-order valence-corrected chi connectivity index (χ2v) is 5.92. The smallest absolute Gasteiger partial charge is 0.0847 e. The number of hydrogen-bond donors (Lipinski definition) is 1. The zero-order chi connectivity index (χ0) is 13.1. The van der Waals surface area contributed by atoms with Gasteiger partial charge in [0.25, 0.3) is 0 Å². The van der Waals surface area contributed by atoms with Crippen LogP contribution in [-0.2, 0) is 13.5 Å². The maximum Gasteiger partial charge on any atom is 0.0847 e. The molecule has 0 amide bonds. The first kappa shape index (κ1) is 13.9. The number of aromatic nitrogens is 2. The zero-order valence-corrected chi connectivity index (χ0v) is 12.4. The van der Waals surface area contributed by atoms with E-state index >= 15 is 0 Å². The molecule has 102 valence electrons. The van der Waals surface area contributed by atoms with Crippen LogP contribution in [0.25, 0.3) is 0 Å². The first-order chi connectivity index (χ1) is 8.61. The second-order valence-electron chi connectivity index (χ2n) is 5.55. The largest absolute Gasteiger partial charge is 0.317 e. The van der Waals surface area contributed by atoms with Crippen molar-refractivity contribution in [1.82, 2.24) is 15.1 Å². The van der Waals surface area contributed by atoms with Crippen LogP contribution < -0.4 is 5.32 Å². The van der Waals surface area contributed by atoms with E-state index in [-0.39, 0.29) is 0 Å². The van der Waals surface area contributed by atoms with E-state index in [1.54, 1.807) is 0 Å². The SMILES string of the molecule is CNC(Cc1c(Cl)c(C)nn1C)CC1CCCC1. The summed E-state index contributed by atoms with van der Waals surface area (Å²) in [5.74, 6) is 0.899. The molecule has 2 rings (SSSR count). The molecular formula is C14H24ClN3. The fourth-order valence-corrected chi connectivity index (χ4v) is 3.32. The molecule has 1 saturated carbocycles. The highest BCUT2D eigenvalue weighted by molar-refractivity contribution is 6.31. The van der Waals surface area contributed by atoms with Gasteiger partial charge in [-0.3, -0.25) is 4.68 Å². The quantitative estimate of drug-likeness (QED) is 0.890. The van der Waals surface area contributed by atoms with Crippen molar-refractivity contribution in [2.75, 3.05) is 7.05 Å². The fraction of sp³-hybridized carbons (Fsp3) is 0.786. The van der Waals surface area contributed by atoms with Gasteiger partial charge in [0.15, 0.2) is 0 Å². The van der Waals surface area contributed by atoms with Gasteiger partial charge in [0.2, 0.25) is 0 Å². The molecule has 18 heavy (non-hydrogen) atoms. The number of nitrogens with zero attached hydrogens (tertiary/aromatic N) is 2. The van der Waals surface area contributed by atoms with Gasteiger partial charge in [0.05, 0.1) is 16.4 Å². The van der Waals surface area contributed by atoms with Gasteiger partial charge in [0.1, 0.15) is 0 Å². The van der Waals surface area contributed by atoms with E-state index in [4.69, 9.17) is 11.6 Å². The Hall–Kier alpha value is -0.540. The van der Waals surface area contributed by atoms with Crippen molar-refractivity contribution in [3.63, 3.8) is 0 Å². The summed E-state index contributed by atoms with van der Waals surface area (Å²) in [7, 11) is 4.03. The molecule has 1 aliphatic carbocycles. The Morgan fingerprint density at radius 2 is 2.11 bits per heavy atom. The van der Waals surface area contributed by atoms with Gasteiger partial charge < -0.3 is 5.32 Å². The maximum absolute atomic E-state index is 6.32. The summed E-state index contributed by atoms with van der Waals surface area (Å²) in [4.78, 5) is 0. The predicted octanol–water partition coefficient (Wildman–Crippen LogP) is 3.09. The molecular weight excluding hydrogens is 246 g/mol. The average molecular weight is 270 g/mol. The molecule has 0 bridgehead atoms. The van der Waals surface area contributed by atoms with Crippen molar-refractivity contribution in [2.24, 2.45) is 13.0 Å². The van der Waals surface area contributed by atoms with Crippen LogP contribution in [0.2, 0.25) is 5.02 Å². The van der Waals surface area contributed by atoms with Crippen molar-refractivity contribution in [3.05, 3.63) is 16.4 Å². The highest BCUT2D eigenvalue weighted by Crippen LogP contribution is 2.30. The van der Waals surface area contributed by atoms with Gasteiger partial charge >= 0.3 is 0 Å². The van der Waals surface area contributed by atoms with Crippen LogP contribution in [-0.4, -0.2) is 22.9 Å². The summed E-state index contributed by atoms with van der Waals surface area (Å²) in [5.41, 5.74) is 2.09. The molecule has 0 radical (unpaired) electrons. The van der Waals surface area contributed by atoms with Crippen LogP contribution >= 0.6 is 11.6 Å². The zero-order valence-electron chi connectivity index (χ0n) is 11.7. The van der Waals surface area contributed by atoms with Crippen LogP contribution in [0.1, 0.15) is 43.5 Å². The molecule has 4 heteroatoms. The minimum Gasteiger partial charge on any atom is -0.317 e. The number of rotatable bonds is 5. The summed E-state index contributed by atoms with van der Waals surface area (Å²) in [6.45, 7) is 1.97. The van der Waals surface area contributed by atoms with Crippen LogP contribution in [0.15, 0.2) is 0 Å². The Labute approximate surface area is 115 Å². The van der Waals surface area contributed by atoms with Crippen molar-refractivity contribution >= 4 is 11.6 Å². The highest BCUT2D eigenvalue weighted by Gasteiger charge is 2.21. The number of nitrogens with one attached hydrogen (secondary N) is 1. The molecule has 0 aliphatic heterocycles. The topological polar surface area (TPSA) is 29.9 Å². The first-order valence-corrected chi connectivity index (χ1v) is 7.34. The van der Waals surface area contributed by atoms with E-state index in [0.29, 0.717) is 6.04 Å². The van der Waals surface area contributed by atoms with E-state index in [9.17, 15) is 0 Å². The Balaban J connectivity index is 2.00. The van der Waals surface area contributed by atoms with Gasteiger partial charge in [0, 0.05) is 19.5 Å². The van der Waals surface area contributed by atoms with Gasteiger partial charge in [-0.1, -0.05) is 37.3 Å². The molecule has 1 unspecified atom stereocenters. The lowest BCUT2D eigenvalue weighted by Gasteiger charge is -2.20. The monoisotopic (exact) mass is 269 g/mol. The van der Waals surface area contributed by atoms with Crippen molar-refractivity contribution in [1.29, 1.82) is 0 Å². The van der Waals surface area contributed by atoms with E-state index in [2.05, 4.69) is 17.5 Å². The lowest BCUT2D eigenvalue weighted by Crippen LogP contribution is -2.30. The lowest BCUT2D eigenvalue weighted by molar-refractivity contribution is 0.397. The Morgan fingerprint density at radius 1 is 1.44 bits per heavy atom. The highest BCUT2D eigenvalue weighted by atomic mass is 35.5. The van der Waals surface area contributed by atoms with Crippen molar-refractivity contribution in [2.45, 2.75) is 51.5 Å². The van der Waals surface area contributed by atoms with Gasteiger partial charge in [-0.25, -0.2) is 0 Å².